The van der Waals surface area contributed by atoms with Crippen LogP contribution in [0, 0.1) is 5.92 Å². The number of rotatable bonds is 3. The molecule has 0 aliphatic carbocycles. The molecule has 2 N–H and O–H groups in total. The van der Waals surface area contributed by atoms with Crippen LogP contribution in [-0.2, 0) is 4.79 Å². The van der Waals surface area contributed by atoms with E-state index in [0.29, 0.717) is 0 Å². The molecule has 0 aromatic rings. The Bertz CT molecular complexity index is 195. The molecule has 1 unspecified atom stereocenters. The van der Waals surface area contributed by atoms with Gasteiger partial charge in [0.1, 0.15) is 0 Å². The molecule has 0 bridgehead atoms. The SMILES string of the molecule is CCC(C)(C)NC(=O)C1CCCNC1. The lowest BCUT2D eigenvalue weighted by molar-refractivity contribution is -0.127. The van der Waals surface area contributed by atoms with Crippen LogP contribution in [0.1, 0.15) is 40.0 Å². The Morgan fingerprint density at radius 3 is 2.79 bits per heavy atom. The van der Waals surface area contributed by atoms with E-state index in [1.807, 2.05) is 0 Å². The maximum atomic E-state index is 11.8. The van der Waals surface area contributed by atoms with Gasteiger partial charge in [0.15, 0.2) is 0 Å². The molecule has 0 aromatic heterocycles. The molecule has 1 amide bonds. The second-order valence-electron chi connectivity index (χ2n) is 4.77. The minimum absolute atomic E-state index is 0.0610. The van der Waals surface area contributed by atoms with Crippen molar-refractivity contribution in [2.45, 2.75) is 45.6 Å². The lowest BCUT2D eigenvalue weighted by atomic mass is 9.95. The highest BCUT2D eigenvalue weighted by atomic mass is 16.2. The molecule has 0 aromatic carbocycles. The van der Waals surface area contributed by atoms with Gasteiger partial charge in [-0.2, -0.15) is 0 Å². The summed E-state index contributed by atoms with van der Waals surface area (Å²) < 4.78 is 0. The van der Waals surface area contributed by atoms with Gasteiger partial charge in [-0.05, 0) is 39.7 Å². The highest BCUT2D eigenvalue weighted by molar-refractivity contribution is 5.79. The van der Waals surface area contributed by atoms with Crippen molar-refractivity contribution in [1.29, 1.82) is 0 Å². The lowest BCUT2D eigenvalue weighted by Gasteiger charge is -2.29. The fourth-order valence-electron chi connectivity index (χ4n) is 1.60. The van der Waals surface area contributed by atoms with Crippen molar-refractivity contribution < 1.29 is 4.79 Å². The van der Waals surface area contributed by atoms with Gasteiger partial charge in [-0.25, -0.2) is 0 Å². The summed E-state index contributed by atoms with van der Waals surface area (Å²) in [6.45, 7) is 8.13. The van der Waals surface area contributed by atoms with E-state index in [2.05, 4.69) is 31.4 Å². The standard InChI is InChI=1S/C11H22N2O/c1-4-11(2,3)13-10(14)9-6-5-7-12-8-9/h9,12H,4-8H2,1-3H3,(H,13,14). The monoisotopic (exact) mass is 198 g/mol. The molecule has 1 saturated heterocycles. The largest absolute Gasteiger partial charge is 0.351 e. The number of carbonyl (C=O) groups excluding carboxylic acids is 1. The fraction of sp³-hybridized carbons (Fsp3) is 0.909. The second kappa shape index (κ2) is 4.78. The Hall–Kier alpha value is -0.570. The number of hydrogen-bond donors (Lipinski definition) is 2. The molecule has 3 nitrogen and oxygen atoms in total. The maximum absolute atomic E-state index is 11.8. The van der Waals surface area contributed by atoms with Gasteiger partial charge in [-0.15, -0.1) is 0 Å². The van der Waals surface area contributed by atoms with Crippen molar-refractivity contribution in [3.8, 4) is 0 Å². The average molecular weight is 198 g/mol. The van der Waals surface area contributed by atoms with Crippen molar-refractivity contribution in [3.63, 3.8) is 0 Å². The molecular formula is C11H22N2O. The van der Waals surface area contributed by atoms with E-state index in [4.69, 9.17) is 0 Å². The van der Waals surface area contributed by atoms with Crippen LogP contribution < -0.4 is 10.6 Å². The highest BCUT2D eigenvalue weighted by Gasteiger charge is 2.25. The molecule has 1 rings (SSSR count). The molecule has 1 aliphatic rings. The van der Waals surface area contributed by atoms with E-state index in [0.717, 1.165) is 32.4 Å². The van der Waals surface area contributed by atoms with E-state index < -0.39 is 0 Å². The van der Waals surface area contributed by atoms with Crippen LogP contribution in [0.2, 0.25) is 0 Å². The number of amides is 1. The Morgan fingerprint density at radius 2 is 2.29 bits per heavy atom. The van der Waals surface area contributed by atoms with E-state index >= 15 is 0 Å². The molecule has 0 saturated carbocycles. The first kappa shape index (κ1) is 11.5. The summed E-state index contributed by atoms with van der Waals surface area (Å²) in [6, 6.07) is 0. The van der Waals surface area contributed by atoms with Gasteiger partial charge in [-0.3, -0.25) is 4.79 Å². The molecule has 1 heterocycles. The van der Waals surface area contributed by atoms with Gasteiger partial charge in [0.05, 0.1) is 5.92 Å². The first-order chi connectivity index (χ1) is 6.55. The third-order valence-electron chi connectivity index (χ3n) is 3.01. The summed E-state index contributed by atoms with van der Waals surface area (Å²) in [5.41, 5.74) is -0.0610. The van der Waals surface area contributed by atoms with Crippen LogP contribution >= 0.6 is 0 Å². The zero-order valence-corrected chi connectivity index (χ0v) is 9.52. The first-order valence-corrected chi connectivity index (χ1v) is 5.58. The summed E-state index contributed by atoms with van der Waals surface area (Å²) >= 11 is 0. The normalized spacial score (nSPS) is 23.2. The van der Waals surface area contributed by atoms with Crippen LogP contribution in [0.5, 0.6) is 0 Å². The summed E-state index contributed by atoms with van der Waals surface area (Å²) in [4.78, 5) is 11.8. The first-order valence-electron chi connectivity index (χ1n) is 5.58. The highest BCUT2D eigenvalue weighted by Crippen LogP contribution is 2.13. The lowest BCUT2D eigenvalue weighted by Crippen LogP contribution is -2.48. The zero-order valence-electron chi connectivity index (χ0n) is 9.52. The second-order valence-corrected chi connectivity index (χ2v) is 4.77. The third-order valence-corrected chi connectivity index (χ3v) is 3.01. The minimum atomic E-state index is -0.0610. The van der Waals surface area contributed by atoms with Crippen molar-refractivity contribution in [3.05, 3.63) is 0 Å². The van der Waals surface area contributed by atoms with Gasteiger partial charge in [0, 0.05) is 12.1 Å². The number of piperidine rings is 1. The van der Waals surface area contributed by atoms with E-state index in [1.165, 1.54) is 0 Å². The summed E-state index contributed by atoms with van der Waals surface area (Å²) in [5, 5.41) is 6.36. The number of hydrogen-bond acceptors (Lipinski definition) is 2. The minimum Gasteiger partial charge on any atom is -0.351 e. The molecule has 1 aliphatic heterocycles. The Morgan fingerprint density at radius 1 is 1.57 bits per heavy atom. The predicted octanol–water partition coefficient (Wildman–Crippen LogP) is 1.29. The molecule has 0 radical (unpaired) electrons. The smallest absolute Gasteiger partial charge is 0.224 e. The van der Waals surface area contributed by atoms with Crippen LogP contribution in [0.3, 0.4) is 0 Å². The molecule has 3 heteroatoms. The molecular weight excluding hydrogens is 176 g/mol. The quantitative estimate of drug-likeness (QED) is 0.717. The van der Waals surface area contributed by atoms with Crippen LogP contribution in [-0.4, -0.2) is 24.5 Å². The number of nitrogens with one attached hydrogen (secondary N) is 2. The molecule has 14 heavy (non-hydrogen) atoms. The summed E-state index contributed by atoms with van der Waals surface area (Å²) in [5.74, 6) is 0.388. The molecule has 82 valence electrons. The maximum Gasteiger partial charge on any atom is 0.224 e. The van der Waals surface area contributed by atoms with Crippen molar-refractivity contribution in [2.75, 3.05) is 13.1 Å². The van der Waals surface area contributed by atoms with Gasteiger partial charge >= 0.3 is 0 Å². The fourth-order valence-corrected chi connectivity index (χ4v) is 1.60. The third kappa shape index (κ3) is 3.29. The van der Waals surface area contributed by atoms with Crippen molar-refractivity contribution >= 4 is 5.91 Å². The topological polar surface area (TPSA) is 41.1 Å². The van der Waals surface area contributed by atoms with E-state index in [1.54, 1.807) is 0 Å². The number of carbonyl (C=O) groups is 1. The summed E-state index contributed by atoms with van der Waals surface area (Å²) in [7, 11) is 0. The Balaban J connectivity index is 2.40. The van der Waals surface area contributed by atoms with Crippen LogP contribution in [0.25, 0.3) is 0 Å². The average Bonchev–Trinajstić information content (AvgIpc) is 2.19. The van der Waals surface area contributed by atoms with Crippen LogP contribution in [0.15, 0.2) is 0 Å². The van der Waals surface area contributed by atoms with Crippen molar-refractivity contribution in [1.82, 2.24) is 10.6 Å². The molecule has 1 fully saturated rings. The Kier molecular flexibility index (Phi) is 3.93. The zero-order chi connectivity index (χ0) is 10.6. The van der Waals surface area contributed by atoms with Gasteiger partial charge < -0.3 is 10.6 Å². The van der Waals surface area contributed by atoms with Gasteiger partial charge in [0.2, 0.25) is 5.91 Å². The van der Waals surface area contributed by atoms with Crippen molar-refractivity contribution in [2.24, 2.45) is 5.92 Å². The summed E-state index contributed by atoms with van der Waals surface area (Å²) in [6.07, 6.45) is 3.11. The van der Waals surface area contributed by atoms with Crippen LogP contribution in [0.4, 0.5) is 0 Å². The van der Waals surface area contributed by atoms with Gasteiger partial charge in [0.25, 0.3) is 0 Å². The Labute approximate surface area is 86.6 Å². The van der Waals surface area contributed by atoms with Gasteiger partial charge in [-0.1, -0.05) is 6.92 Å². The van der Waals surface area contributed by atoms with E-state index in [9.17, 15) is 4.79 Å². The predicted molar refractivity (Wildman–Crippen MR) is 58.1 cm³/mol. The molecule has 0 spiro atoms. The van der Waals surface area contributed by atoms with E-state index in [-0.39, 0.29) is 17.4 Å². The molecule has 1 atom stereocenters.